The Balaban J connectivity index is 2.12. The fourth-order valence-electron chi connectivity index (χ4n) is 1.76. The first-order chi connectivity index (χ1) is 9.19. The molecule has 0 aliphatic rings. The zero-order valence-electron chi connectivity index (χ0n) is 10.8. The number of nitrogens with one attached hydrogen (secondary N) is 1. The number of aromatic nitrogens is 2. The Hall–Kier alpha value is -2.43. The van der Waals surface area contributed by atoms with E-state index < -0.39 is 5.91 Å². The summed E-state index contributed by atoms with van der Waals surface area (Å²) in [6.07, 6.45) is 5.01. The van der Waals surface area contributed by atoms with Crippen LogP contribution >= 0.6 is 0 Å². The molecule has 0 spiro atoms. The van der Waals surface area contributed by atoms with E-state index in [0.717, 1.165) is 18.5 Å². The predicted molar refractivity (Wildman–Crippen MR) is 74.3 cm³/mol. The molecule has 2 aromatic rings. The number of hydrogen-bond donors (Lipinski definition) is 2. The van der Waals surface area contributed by atoms with Crippen molar-refractivity contribution in [3.05, 3.63) is 47.9 Å². The zero-order valence-corrected chi connectivity index (χ0v) is 10.8. The molecule has 1 aromatic carbocycles. The van der Waals surface area contributed by atoms with Gasteiger partial charge in [-0.15, -0.1) is 0 Å². The van der Waals surface area contributed by atoms with Gasteiger partial charge in [-0.3, -0.25) is 4.79 Å². The van der Waals surface area contributed by atoms with E-state index in [0.29, 0.717) is 5.82 Å². The number of hydrogen-bond acceptors (Lipinski definition) is 4. The molecule has 5 nitrogen and oxygen atoms in total. The summed E-state index contributed by atoms with van der Waals surface area (Å²) in [5.41, 5.74) is 7.49. The second-order valence-corrected chi connectivity index (χ2v) is 4.23. The molecule has 3 N–H and O–H groups in total. The first-order valence-corrected chi connectivity index (χ1v) is 6.17. The number of aryl methyl sites for hydroxylation is 1. The second-order valence-electron chi connectivity index (χ2n) is 4.23. The lowest BCUT2D eigenvalue weighted by molar-refractivity contribution is 0.0995. The molecule has 0 bridgehead atoms. The average Bonchev–Trinajstić information content (AvgIpc) is 2.40. The molecule has 0 atom stereocenters. The van der Waals surface area contributed by atoms with Crippen LogP contribution in [0, 0.1) is 0 Å². The monoisotopic (exact) mass is 256 g/mol. The molecule has 5 heteroatoms. The number of primary amides is 1. The van der Waals surface area contributed by atoms with Crippen molar-refractivity contribution in [2.24, 2.45) is 5.73 Å². The molecular formula is C14H16N4O. The maximum Gasteiger partial charge on any atom is 0.268 e. The van der Waals surface area contributed by atoms with E-state index >= 15 is 0 Å². The highest BCUT2D eigenvalue weighted by molar-refractivity contribution is 5.90. The molecule has 0 saturated heterocycles. The number of nitrogens with two attached hydrogens (primary N) is 1. The molecule has 0 radical (unpaired) electrons. The normalized spacial score (nSPS) is 10.2. The molecule has 0 aliphatic heterocycles. The minimum absolute atomic E-state index is 0.158. The van der Waals surface area contributed by atoms with E-state index in [1.807, 2.05) is 12.1 Å². The van der Waals surface area contributed by atoms with Gasteiger partial charge in [0, 0.05) is 5.69 Å². The van der Waals surface area contributed by atoms with E-state index in [9.17, 15) is 4.79 Å². The highest BCUT2D eigenvalue weighted by Gasteiger charge is 2.03. The van der Waals surface area contributed by atoms with Crippen LogP contribution in [0.15, 0.2) is 36.7 Å². The molecule has 0 fully saturated rings. The fourth-order valence-corrected chi connectivity index (χ4v) is 1.76. The third kappa shape index (κ3) is 3.51. The van der Waals surface area contributed by atoms with Gasteiger partial charge in [0.1, 0.15) is 11.5 Å². The molecule has 98 valence electrons. The van der Waals surface area contributed by atoms with Crippen LogP contribution in [0.5, 0.6) is 0 Å². The zero-order chi connectivity index (χ0) is 13.7. The summed E-state index contributed by atoms with van der Waals surface area (Å²) < 4.78 is 0. The summed E-state index contributed by atoms with van der Waals surface area (Å²) in [6.45, 7) is 2.15. The minimum atomic E-state index is -0.580. The van der Waals surface area contributed by atoms with Crippen LogP contribution in [0.3, 0.4) is 0 Å². The van der Waals surface area contributed by atoms with Crippen molar-refractivity contribution in [3.8, 4) is 0 Å². The third-order valence-electron chi connectivity index (χ3n) is 2.64. The molecule has 1 amide bonds. The Labute approximate surface area is 111 Å². The average molecular weight is 256 g/mol. The van der Waals surface area contributed by atoms with Gasteiger partial charge < -0.3 is 11.1 Å². The molecule has 1 heterocycles. The first-order valence-electron chi connectivity index (χ1n) is 6.17. The van der Waals surface area contributed by atoms with Gasteiger partial charge >= 0.3 is 0 Å². The Morgan fingerprint density at radius 2 is 2.16 bits per heavy atom. The van der Waals surface area contributed by atoms with Crippen molar-refractivity contribution >= 4 is 17.4 Å². The van der Waals surface area contributed by atoms with E-state index in [1.54, 1.807) is 0 Å². The van der Waals surface area contributed by atoms with Crippen molar-refractivity contribution < 1.29 is 4.79 Å². The summed E-state index contributed by atoms with van der Waals surface area (Å²) >= 11 is 0. The van der Waals surface area contributed by atoms with Gasteiger partial charge in [-0.2, -0.15) is 0 Å². The minimum Gasteiger partial charge on any atom is -0.364 e. The van der Waals surface area contributed by atoms with Crippen molar-refractivity contribution in [2.75, 3.05) is 5.32 Å². The van der Waals surface area contributed by atoms with Gasteiger partial charge in [0.25, 0.3) is 5.91 Å². The van der Waals surface area contributed by atoms with Crippen molar-refractivity contribution in [3.63, 3.8) is 0 Å². The Morgan fingerprint density at radius 1 is 1.32 bits per heavy atom. The smallest absolute Gasteiger partial charge is 0.268 e. The van der Waals surface area contributed by atoms with Crippen molar-refractivity contribution in [1.29, 1.82) is 0 Å². The standard InChI is InChI=1S/C14H16N4O/c1-2-4-10-5-3-6-11(7-10)18-13-9-16-12(8-17-13)14(15)19/h3,5-9H,2,4H2,1H3,(H2,15,19)(H,17,18). The number of nitrogens with zero attached hydrogens (tertiary/aromatic N) is 2. The van der Waals surface area contributed by atoms with Gasteiger partial charge in [0.15, 0.2) is 0 Å². The highest BCUT2D eigenvalue weighted by atomic mass is 16.1. The summed E-state index contributed by atoms with van der Waals surface area (Å²) in [5.74, 6) is 0.00245. The quantitative estimate of drug-likeness (QED) is 0.859. The summed E-state index contributed by atoms with van der Waals surface area (Å²) in [4.78, 5) is 18.9. The maximum atomic E-state index is 10.9. The molecular weight excluding hydrogens is 240 g/mol. The highest BCUT2D eigenvalue weighted by Crippen LogP contribution is 2.16. The number of carbonyl (C=O) groups excluding carboxylic acids is 1. The fraction of sp³-hybridized carbons (Fsp3) is 0.214. The summed E-state index contributed by atoms with van der Waals surface area (Å²) in [7, 11) is 0. The first kappa shape index (κ1) is 13.0. The van der Waals surface area contributed by atoms with E-state index in [-0.39, 0.29) is 5.69 Å². The lowest BCUT2D eigenvalue weighted by Gasteiger charge is -2.07. The number of anilines is 2. The largest absolute Gasteiger partial charge is 0.364 e. The number of carbonyl (C=O) groups is 1. The maximum absolute atomic E-state index is 10.9. The molecule has 1 aromatic heterocycles. The van der Waals surface area contributed by atoms with Crippen LogP contribution < -0.4 is 11.1 Å². The SMILES string of the molecule is CCCc1cccc(Nc2cnc(C(N)=O)cn2)c1. The van der Waals surface area contributed by atoms with E-state index in [2.05, 4.69) is 34.3 Å². The third-order valence-corrected chi connectivity index (χ3v) is 2.64. The van der Waals surface area contributed by atoms with Crippen molar-refractivity contribution in [2.45, 2.75) is 19.8 Å². The topological polar surface area (TPSA) is 80.9 Å². The van der Waals surface area contributed by atoms with Gasteiger partial charge in [0.2, 0.25) is 0 Å². The Kier molecular flexibility index (Phi) is 4.07. The predicted octanol–water partition coefficient (Wildman–Crippen LogP) is 2.27. The van der Waals surface area contributed by atoms with Crippen LogP contribution in [-0.2, 0) is 6.42 Å². The number of rotatable bonds is 5. The van der Waals surface area contributed by atoms with Gasteiger partial charge in [-0.25, -0.2) is 9.97 Å². The van der Waals surface area contributed by atoms with E-state index in [1.165, 1.54) is 18.0 Å². The Bertz CT molecular complexity index is 566. The van der Waals surface area contributed by atoms with Gasteiger partial charge in [0.05, 0.1) is 12.4 Å². The van der Waals surface area contributed by atoms with Crippen molar-refractivity contribution in [1.82, 2.24) is 9.97 Å². The van der Waals surface area contributed by atoms with Gasteiger partial charge in [-0.05, 0) is 24.1 Å². The Morgan fingerprint density at radius 3 is 2.79 bits per heavy atom. The van der Waals surface area contributed by atoms with Crippen LogP contribution in [0.1, 0.15) is 29.4 Å². The molecule has 0 saturated carbocycles. The van der Waals surface area contributed by atoms with Gasteiger partial charge in [-0.1, -0.05) is 25.5 Å². The van der Waals surface area contributed by atoms with E-state index in [4.69, 9.17) is 5.73 Å². The van der Waals surface area contributed by atoms with Crippen LogP contribution in [-0.4, -0.2) is 15.9 Å². The van der Waals surface area contributed by atoms with Crippen LogP contribution in [0.25, 0.3) is 0 Å². The summed E-state index contributed by atoms with van der Waals surface area (Å²) in [6, 6.07) is 8.13. The second kappa shape index (κ2) is 5.95. The summed E-state index contributed by atoms with van der Waals surface area (Å²) in [5, 5.41) is 3.14. The number of benzene rings is 1. The van der Waals surface area contributed by atoms with Crippen LogP contribution in [0.2, 0.25) is 0 Å². The van der Waals surface area contributed by atoms with Crippen LogP contribution in [0.4, 0.5) is 11.5 Å². The number of amides is 1. The lowest BCUT2D eigenvalue weighted by Crippen LogP contribution is -2.13. The molecule has 19 heavy (non-hydrogen) atoms. The molecule has 0 unspecified atom stereocenters. The lowest BCUT2D eigenvalue weighted by atomic mass is 10.1. The molecule has 2 rings (SSSR count). The molecule has 0 aliphatic carbocycles.